The molecule has 0 unspecified atom stereocenters. The van der Waals surface area contributed by atoms with E-state index in [9.17, 15) is 4.79 Å². The predicted octanol–water partition coefficient (Wildman–Crippen LogP) is 5.00. The molecule has 0 radical (unpaired) electrons. The van der Waals surface area contributed by atoms with Crippen molar-refractivity contribution >= 4 is 40.2 Å². The van der Waals surface area contributed by atoms with Crippen LogP contribution in [-0.4, -0.2) is 25.0 Å². The largest absolute Gasteiger partial charge is 0.487 e. The van der Waals surface area contributed by atoms with Gasteiger partial charge in [-0.05, 0) is 43.3 Å². The molecule has 3 rings (SSSR count). The Labute approximate surface area is 167 Å². The van der Waals surface area contributed by atoms with Crippen molar-refractivity contribution in [1.29, 1.82) is 0 Å². The molecule has 140 valence electrons. The molecular formula is C20H20ClN3O2S. The molecule has 0 bridgehead atoms. The standard InChI is InChI=1S/C20H20ClN3O2S/c1-13-22-16(12-27-13)11-26-17-6-4-5-14(9-17)20(25)23-18-10-15(21)7-8-19(18)24(2)3/h4-10,12H,11H2,1-3H3,(H,23,25). The Balaban J connectivity index is 1.73. The molecule has 0 aliphatic carbocycles. The first-order chi connectivity index (χ1) is 12.9. The number of anilines is 2. The number of carbonyl (C=O) groups excluding carboxylic acids is 1. The number of aromatic nitrogens is 1. The van der Waals surface area contributed by atoms with E-state index in [0.29, 0.717) is 28.6 Å². The fourth-order valence-corrected chi connectivity index (χ4v) is 3.32. The summed E-state index contributed by atoms with van der Waals surface area (Å²) in [6.45, 7) is 2.32. The van der Waals surface area contributed by atoms with Gasteiger partial charge in [-0.1, -0.05) is 17.7 Å². The fourth-order valence-electron chi connectivity index (χ4n) is 2.55. The second kappa shape index (κ2) is 8.41. The molecule has 0 aliphatic heterocycles. The molecule has 0 spiro atoms. The van der Waals surface area contributed by atoms with E-state index in [-0.39, 0.29) is 5.91 Å². The topological polar surface area (TPSA) is 54.5 Å². The van der Waals surface area contributed by atoms with Crippen molar-refractivity contribution < 1.29 is 9.53 Å². The van der Waals surface area contributed by atoms with E-state index >= 15 is 0 Å². The maximum absolute atomic E-state index is 12.7. The number of nitrogens with zero attached hydrogens (tertiary/aromatic N) is 2. The SMILES string of the molecule is Cc1nc(COc2cccc(C(=O)Nc3cc(Cl)ccc3N(C)C)c2)cs1. The number of ether oxygens (including phenoxy) is 1. The van der Waals surface area contributed by atoms with E-state index in [1.165, 1.54) is 0 Å². The lowest BCUT2D eigenvalue weighted by Crippen LogP contribution is -2.16. The smallest absolute Gasteiger partial charge is 0.255 e. The molecule has 2 aromatic carbocycles. The molecule has 1 aromatic heterocycles. The molecule has 1 amide bonds. The Bertz CT molecular complexity index is 956. The minimum absolute atomic E-state index is 0.227. The van der Waals surface area contributed by atoms with E-state index in [2.05, 4.69) is 10.3 Å². The van der Waals surface area contributed by atoms with E-state index in [0.717, 1.165) is 16.4 Å². The maximum atomic E-state index is 12.7. The van der Waals surface area contributed by atoms with Crippen molar-refractivity contribution in [3.05, 3.63) is 69.1 Å². The van der Waals surface area contributed by atoms with Gasteiger partial charge in [-0.3, -0.25) is 4.79 Å². The molecule has 3 aromatic rings. The lowest BCUT2D eigenvalue weighted by atomic mass is 10.2. The number of thiazole rings is 1. The summed E-state index contributed by atoms with van der Waals surface area (Å²) >= 11 is 7.67. The summed E-state index contributed by atoms with van der Waals surface area (Å²) in [5, 5.41) is 6.45. The second-order valence-corrected chi connectivity index (χ2v) is 7.68. The van der Waals surface area contributed by atoms with Crippen molar-refractivity contribution in [2.24, 2.45) is 0 Å². The Kier molecular flexibility index (Phi) is 5.98. The zero-order valence-corrected chi connectivity index (χ0v) is 16.9. The highest BCUT2D eigenvalue weighted by Gasteiger charge is 2.12. The maximum Gasteiger partial charge on any atom is 0.255 e. The van der Waals surface area contributed by atoms with Crippen molar-refractivity contribution in [1.82, 2.24) is 4.98 Å². The molecule has 5 nitrogen and oxygen atoms in total. The van der Waals surface area contributed by atoms with Crippen molar-refractivity contribution in [2.75, 3.05) is 24.3 Å². The number of nitrogens with one attached hydrogen (secondary N) is 1. The summed E-state index contributed by atoms with van der Waals surface area (Å²) < 4.78 is 5.76. The van der Waals surface area contributed by atoms with Gasteiger partial charge in [-0.25, -0.2) is 4.98 Å². The number of halogens is 1. The van der Waals surface area contributed by atoms with Crippen LogP contribution in [0.4, 0.5) is 11.4 Å². The van der Waals surface area contributed by atoms with Crippen molar-refractivity contribution in [2.45, 2.75) is 13.5 Å². The van der Waals surface area contributed by atoms with Crippen LogP contribution >= 0.6 is 22.9 Å². The third-order valence-electron chi connectivity index (χ3n) is 3.84. The molecular weight excluding hydrogens is 382 g/mol. The lowest BCUT2D eigenvalue weighted by Gasteiger charge is -2.18. The molecule has 0 saturated carbocycles. The van der Waals surface area contributed by atoms with Gasteiger partial charge in [0.25, 0.3) is 5.91 Å². The first kappa shape index (κ1) is 19.2. The number of amides is 1. The van der Waals surface area contributed by atoms with Gasteiger partial charge in [0.15, 0.2) is 0 Å². The molecule has 1 heterocycles. The number of benzene rings is 2. The summed E-state index contributed by atoms with van der Waals surface area (Å²) in [5.41, 5.74) is 2.91. The summed E-state index contributed by atoms with van der Waals surface area (Å²) in [7, 11) is 3.82. The first-order valence-electron chi connectivity index (χ1n) is 8.34. The van der Waals surface area contributed by atoms with Crippen LogP contribution in [0.25, 0.3) is 0 Å². The summed E-state index contributed by atoms with van der Waals surface area (Å²) in [4.78, 5) is 19.0. The van der Waals surface area contributed by atoms with Crippen LogP contribution in [0.5, 0.6) is 5.75 Å². The number of hydrogen-bond acceptors (Lipinski definition) is 5. The van der Waals surface area contributed by atoms with Gasteiger partial charge < -0.3 is 15.0 Å². The van der Waals surface area contributed by atoms with Gasteiger partial charge in [0.1, 0.15) is 12.4 Å². The lowest BCUT2D eigenvalue weighted by molar-refractivity contribution is 0.102. The average Bonchev–Trinajstić information content (AvgIpc) is 3.05. The summed E-state index contributed by atoms with van der Waals surface area (Å²) in [6.07, 6.45) is 0. The molecule has 1 N–H and O–H groups in total. The third-order valence-corrected chi connectivity index (χ3v) is 4.90. The second-order valence-electron chi connectivity index (χ2n) is 6.18. The molecule has 7 heteroatoms. The van der Waals surface area contributed by atoms with E-state index in [4.69, 9.17) is 16.3 Å². The fraction of sp³-hybridized carbons (Fsp3) is 0.200. The van der Waals surface area contributed by atoms with Crippen LogP contribution < -0.4 is 15.0 Å². The quantitative estimate of drug-likeness (QED) is 0.631. The van der Waals surface area contributed by atoms with Crippen LogP contribution in [0.2, 0.25) is 5.02 Å². The van der Waals surface area contributed by atoms with Crippen LogP contribution in [-0.2, 0) is 6.61 Å². The predicted molar refractivity (Wildman–Crippen MR) is 111 cm³/mol. The Hall–Kier alpha value is -2.57. The monoisotopic (exact) mass is 401 g/mol. The van der Waals surface area contributed by atoms with Crippen molar-refractivity contribution in [3.63, 3.8) is 0 Å². The highest BCUT2D eigenvalue weighted by molar-refractivity contribution is 7.09. The zero-order valence-electron chi connectivity index (χ0n) is 15.3. The Morgan fingerprint density at radius 3 is 2.78 bits per heavy atom. The third kappa shape index (κ3) is 4.99. The van der Waals surface area contributed by atoms with Crippen LogP contribution in [0.15, 0.2) is 47.8 Å². The minimum Gasteiger partial charge on any atom is -0.487 e. The Morgan fingerprint density at radius 1 is 1.26 bits per heavy atom. The van der Waals surface area contributed by atoms with Gasteiger partial charge in [0.05, 0.1) is 22.1 Å². The van der Waals surface area contributed by atoms with Gasteiger partial charge in [0, 0.05) is 30.1 Å². The van der Waals surface area contributed by atoms with Crippen molar-refractivity contribution in [3.8, 4) is 5.75 Å². The molecule has 27 heavy (non-hydrogen) atoms. The Morgan fingerprint density at radius 2 is 2.07 bits per heavy atom. The molecule has 0 aliphatic rings. The van der Waals surface area contributed by atoms with Crippen LogP contribution in [0, 0.1) is 6.92 Å². The molecule has 0 fully saturated rings. The number of rotatable bonds is 6. The number of hydrogen-bond donors (Lipinski definition) is 1. The van der Waals surface area contributed by atoms with Crippen LogP contribution in [0.1, 0.15) is 21.1 Å². The average molecular weight is 402 g/mol. The molecule has 0 atom stereocenters. The van der Waals surface area contributed by atoms with Gasteiger partial charge >= 0.3 is 0 Å². The summed E-state index contributed by atoms with van der Waals surface area (Å²) in [5.74, 6) is 0.391. The normalized spacial score (nSPS) is 10.5. The number of carbonyl (C=O) groups is 1. The van der Waals surface area contributed by atoms with Gasteiger partial charge in [0.2, 0.25) is 0 Å². The first-order valence-corrected chi connectivity index (χ1v) is 9.60. The van der Waals surface area contributed by atoms with Crippen LogP contribution in [0.3, 0.4) is 0 Å². The zero-order chi connectivity index (χ0) is 19.4. The highest BCUT2D eigenvalue weighted by Crippen LogP contribution is 2.28. The van der Waals surface area contributed by atoms with E-state index in [1.54, 1.807) is 41.7 Å². The van der Waals surface area contributed by atoms with Gasteiger partial charge in [-0.2, -0.15) is 0 Å². The highest BCUT2D eigenvalue weighted by atomic mass is 35.5. The molecule has 0 saturated heterocycles. The summed E-state index contributed by atoms with van der Waals surface area (Å²) in [6, 6.07) is 12.5. The van der Waals surface area contributed by atoms with E-state index < -0.39 is 0 Å². The van der Waals surface area contributed by atoms with Gasteiger partial charge in [-0.15, -0.1) is 11.3 Å². The van der Waals surface area contributed by atoms with E-state index in [1.807, 2.05) is 43.4 Å². The number of aryl methyl sites for hydroxylation is 1. The minimum atomic E-state index is -0.227.